The fraction of sp³-hybridized carbons (Fsp3) is 0.368. The largest absolute Gasteiger partial charge is 0.471 e. The first-order valence-corrected chi connectivity index (χ1v) is 8.79. The van der Waals surface area contributed by atoms with Crippen molar-refractivity contribution in [2.24, 2.45) is 0 Å². The summed E-state index contributed by atoms with van der Waals surface area (Å²) in [7, 11) is 0. The van der Waals surface area contributed by atoms with Gasteiger partial charge in [-0.2, -0.15) is 13.2 Å². The summed E-state index contributed by atoms with van der Waals surface area (Å²) in [5.74, 6) is -1.77. The van der Waals surface area contributed by atoms with Gasteiger partial charge < -0.3 is 4.90 Å². The van der Waals surface area contributed by atoms with Gasteiger partial charge in [0, 0.05) is 30.0 Å². The summed E-state index contributed by atoms with van der Waals surface area (Å²) in [6.45, 7) is 0.106. The van der Waals surface area contributed by atoms with E-state index >= 15 is 0 Å². The fourth-order valence-electron chi connectivity index (χ4n) is 3.32. The zero-order valence-electron chi connectivity index (χ0n) is 14.0. The molecule has 26 heavy (non-hydrogen) atoms. The van der Waals surface area contributed by atoms with Crippen molar-refractivity contribution in [3.05, 3.63) is 63.9 Å². The standard InChI is InChI=1S/C19H18ClF3N2O/c20-17-7-4-13-8-11-25(18(26)19(21,22)23)12-9-15(13)16(17)6-5-14-3-1-2-10-24-14/h1-4,7,10H,5-6,8-9,11-12H2. The normalized spacial score (nSPS) is 14.7. The topological polar surface area (TPSA) is 33.2 Å². The van der Waals surface area contributed by atoms with Gasteiger partial charge in [0.15, 0.2) is 0 Å². The Morgan fingerprint density at radius 2 is 1.88 bits per heavy atom. The van der Waals surface area contributed by atoms with Crippen molar-refractivity contribution < 1.29 is 18.0 Å². The van der Waals surface area contributed by atoms with E-state index in [-0.39, 0.29) is 13.1 Å². The van der Waals surface area contributed by atoms with Crippen LogP contribution in [0.5, 0.6) is 0 Å². The average Bonchev–Trinajstić information content (AvgIpc) is 2.83. The van der Waals surface area contributed by atoms with Crippen molar-refractivity contribution in [1.82, 2.24) is 9.88 Å². The van der Waals surface area contributed by atoms with Gasteiger partial charge in [-0.05, 0) is 60.6 Å². The molecule has 0 saturated heterocycles. The van der Waals surface area contributed by atoms with Crippen LogP contribution in [0.4, 0.5) is 13.2 Å². The summed E-state index contributed by atoms with van der Waals surface area (Å²) in [4.78, 5) is 16.7. The number of carbonyl (C=O) groups is 1. The van der Waals surface area contributed by atoms with Crippen molar-refractivity contribution in [1.29, 1.82) is 0 Å². The van der Waals surface area contributed by atoms with Gasteiger partial charge >= 0.3 is 12.1 Å². The van der Waals surface area contributed by atoms with Crippen LogP contribution < -0.4 is 0 Å². The number of carbonyl (C=O) groups excluding carboxylic acids is 1. The van der Waals surface area contributed by atoms with E-state index in [1.807, 2.05) is 24.3 Å². The summed E-state index contributed by atoms with van der Waals surface area (Å²) in [6.07, 6.45) is -0.992. The third-order valence-electron chi connectivity index (χ3n) is 4.64. The van der Waals surface area contributed by atoms with Crippen molar-refractivity contribution in [3.8, 4) is 0 Å². The number of pyridine rings is 1. The van der Waals surface area contributed by atoms with Gasteiger partial charge in [-0.1, -0.05) is 23.7 Å². The van der Waals surface area contributed by atoms with Gasteiger partial charge in [-0.3, -0.25) is 9.78 Å². The zero-order chi connectivity index (χ0) is 18.7. The molecule has 1 aromatic heterocycles. The second-order valence-corrected chi connectivity index (χ2v) is 6.68. The Morgan fingerprint density at radius 3 is 2.58 bits per heavy atom. The molecule has 1 aliphatic rings. The van der Waals surface area contributed by atoms with E-state index in [2.05, 4.69) is 4.98 Å². The highest BCUT2D eigenvalue weighted by atomic mass is 35.5. The minimum absolute atomic E-state index is 0.0439. The fourth-order valence-corrected chi connectivity index (χ4v) is 3.60. The lowest BCUT2D eigenvalue weighted by molar-refractivity contribution is -0.185. The van der Waals surface area contributed by atoms with Crippen LogP contribution in [-0.2, 0) is 30.5 Å². The maximum atomic E-state index is 12.7. The molecule has 1 amide bonds. The number of benzene rings is 1. The van der Waals surface area contributed by atoms with Gasteiger partial charge in [0.1, 0.15) is 0 Å². The van der Waals surface area contributed by atoms with Crippen LogP contribution in [0.1, 0.15) is 22.4 Å². The number of hydrogen-bond acceptors (Lipinski definition) is 2. The molecule has 1 aromatic carbocycles. The first kappa shape index (κ1) is 18.7. The quantitative estimate of drug-likeness (QED) is 0.803. The SMILES string of the molecule is O=C(N1CCc2ccc(Cl)c(CCc3ccccn3)c2CC1)C(F)(F)F. The molecule has 7 heteroatoms. The number of halogens is 4. The first-order valence-electron chi connectivity index (χ1n) is 8.41. The summed E-state index contributed by atoms with van der Waals surface area (Å²) >= 11 is 6.37. The number of nitrogens with zero attached hydrogens (tertiary/aromatic N) is 2. The van der Waals surface area contributed by atoms with Crippen LogP contribution in [0.3, 0.4) is 0 Å². The molecular weight excluding hydrogens is 365 g/mol. The van der Waals surface area contributed by atoms with E-state index in [1.165, 1.54) is 0 Å². The lowest BCUT2D eigenvalue weighted by Crippen LogP contribution is -2.42. The van der Waals surface area contributed by atoms with Crippen molar-refractivity contribution in [3.63, 3.8) is 0 Å². The number of alkyl halides is 3. The van der Waals surface area contributed by atoms with Gasteiger partial charge in [-0.15, -0.1) is 0 Å². The van der Waals surface area contributed by atoms with E-state index in [0.29, 0.717) is 30.7 Å². The number of fused-ring (bicyclic) bond motifs is 1. The molecule has 0 unspecified atom stereocenters. The van der Waals surface area contributed by atoms with E-state index in [9.17, 15) is 18.0 Å². The predicted molar refractivity (Wildman–Crippen MR) is 93.1 cm³/mol. The molecule has 0 saturated carbocycles. The Balaban J connectivity index is 1.80. The van der Waals surface area contributed by atoms with Crippen LogP contribution >= 0.6 is 11.6 Å². The second-order valence-electron chi connectivity index (χ2n) is 6.27. The van der Waals surface area contributed by atoms with Crippen molar-refractivity contribution in [2.45, 2.75) is 31.9 Å². The number of amides is 1. The van der Waals surface area contributed by atoms with Gasteiger partial charge in [-0.25, -0.2) is 0 Å². The minimum Gasteiger partial charge on any atom is -0.334 e. The highest BCUT2D eigenvalue weighted by Crippen LogP contribution is 2.29. The molecule has 0 bridgehead atoms. The maximum absolute atomic E-state index is 12.7. The third-order valence-corrected chi connectivity index (χ3v) is 4.99. The summed E-state index contributed by atoms with van der Waals surface area (Å²) in [5, 5.41) is 0.607. The number of aromatic nitrogens is 1. The molecule has 0 N–H and O–H groups in total. The van der Waals surface area contributed by atoms with Crippen LogP contribution in [0.25, 0.3) is 0 Å². The molecule has 0 spiro atoms. The van der Waals surface area contributed by atoms with Crippen molar-refractivity contribution >= 4 is 17.5 Å². The van der Waals surface area contributed by atoms with E-state index in [0.717, 1.165) is 27.3 Å². The van der Waals surface area contributed by atoms with Gasteiger partial charge in [0.25, 0.3) is 0 Å². The zero-order valence-corrected chi connectivity index (χ0v) is 14.8. The Morgan fingerprint density at radius 1 is 1.12 bits per heavy atom. The summed E-state index contributed by atoms with van der Waals surface area (Å²) in [6, 6.07) is 9.32. The molecule has 1 aliphatic heterocycles. The number of rotatable bonds is 3. The molecule has 0 radical (unpaired) electrons. The highest BCUT2D eigenvalue weighted by Gasteiger charge is 2.42. The van der Waals surface area contributed by atoms with E-state index in [4.69, 9.17) is 11.6 Å². The lowest BCUT2D eigenvalue weighted by atomic mass is 9.94. The smallest absolute Gasteiger partial charge is 0.334 e. The Kier molecular flexibility index (Phi) is 5.51. The van der Waals surface area contributed by atoms with Crippen LogP contribution in [0.15, 0.2) is 36.5 Å². The van der Waals surface area contributed by atoms with Crippen LogP contribution in [0.2, 0.25) is 5.02 Å². The third kappa shape index (κ3) is 4.18. The lowest BCUT2D eigenvalue weighted by Gasteiger charge is -2.21. The highest BCUT2D eigenvalue weighted by molar-refractivity contribution is 6.31. The maximum Gasteiger partial charge on any atom is 0.471 e. The summed E-state index contributed by atoms with van der Waals surface area (Å²) < 4.78 is 38.2. The predicted octanol–water partition coefficient (Wildman–Crippen LogP) is 4.01. The molecule has 0 fully saturated rings. The van der Waals surface area contributed by atoms with Gasteiger partial charge in [0.2, 0.25) is 0 Å². The monoisotopic (exact) mass is 382 g/mol. The molecule has 3 nitrogen and oxygen atoms in total. The summed E-state index contributed by atoms with van der Waals surface area (Å²) in [5.41, 5.74) is 3.80. The molecule has 138 valence electrons. The Hall–Kier alpha value is -2.08. The molecule has 3 rings (SSSR count). The molecule has 2 aromatic rings. The minimum atomic E-state index is -4.84. The van der Waals surface area contributed by atoms with Crippen molar-refractivity contribution in [2.75, 3.05) is 13.1 Å². The molecule has 2 heterocycles. The first-order chi connectivity index (χ1) is 12.4. The van der Waals surface area contributed by atoms with Crippen LogP contribution in [0, 0.1) is 0 Å². The number of aryl methyl sites for hydroxylation is 1. The van der Waals surface area contributed by atoms with E-state index in [1.54, 1.807) is 12.3 Å². The van der Waals surface area contributed by atoms with E-state index < -0.39 is 12.1 Å². The molecular formula is C19H18ClF3N2O. The number of hydrogen-bond donors (Lipinski definition) is 0. The van der Waals surface area contributed by atoms with Crippen LogP contribution in [-0.4, -0.2) is 35.1 Å². The molecule has 0 atom stereocenters. The van der Waals surface area contributed by atoms with Gasteiger partial charge in [0.05, 0.1) is 0 Å². The average molecular weight is 383 g/mol. The molecule has 0 aliphatic carbocycles. The Labute approximate surface area is 154 Å². The Bertz CT molecular complexity index is 793. The second kappa shape index (κ2) is 7.66.